The van der Waals surface area contributed by atoms with Gasteiger partial charge in [-0.1, -0.05) is 13.8 Å². The molecule has 0 aliphatic heterocycles. The molecule has 2 N–H and O–H groups in total. The van der Waals surface area contributed by atoms with Crippen molar-refractivity contribution in [2.75, 3.05) is 18.5 Å². The number of nitrogens with one attached hydrogen (secondary N) is 1. The van der Waals surface area contributed by atoms with E-state index in [0.29, 0.717) is 0 Å². The van der Waals surface area contributed by atoms with E-state index in [1.807, 2.05) is 13.0 Å². The molecule has 1 heterocycles. The summed E-state index contributed by atoms with van der Waals surface area (Å²) < 4.78 is 0. The molecule has 0 atom stereocenters. The van der Waals surface area contributed by atoms with Crippen LogP contribution in [-0.2, 0) is 0 Å². The first-order valence-corrected chi connectivity index (χ1v) is 5.79. The summed E-state index contributed by atoms with van der Waals surface area (Å²) in [5.74, 6) is 0.826. The summed E-state index contributed by atoms with van der Waals surface area (Å²) in [6.07, 6.45) is 3.46. The fraction of sp³-hybridized carbons (Fsp3) is 0.667. The lowest BCUT2D eigenvalue weighted by Gasteiger charge is -2.29. The van der Waals surface area contributed by atoms with Gasteiger partial charge >= 0.3 is 0 Å². The molecular weight excluding hydrogens is 202 g/mol. The van der Waals surface area contributed by atoms with Gasteiger partial charge in [0.05, 0.1) is 6.61 Å². The Labute approximate surface area is 97.1 Å². The third kappa shape index (κ3) is 3.17. The van der Waals surface area contributed by atoms with Crippen LogP contribution in [0.2, 0.25) is 0 Å². The Kier molecular flexibility index (Phi) is 4.68. The summed E-state index contributed by atoms with van der Waals surface area (Å²) in [5.41, 5.74) is 0.902. The standard InChI is InChI=1S/C12H21N3O/c1-4-12(5-2,8-16)7-13-11-6-10(3)14-9-15-11/h6,9,16H,4-5,7-8H2,1-3H3,(H,13,14,15). The first-order chi connectivity index (χ1) is 7.65. The van der Waals surface area contributed by atoms with Gasteiger partial charge in [0, 0.05) is 23.7 Å². The third-order valence-corrected chi connectivity index (χ3v) is 3.28. The fourth-order valence-electron chi connectivity index (χ4n) is 1.61. The Balaban J connectivity index is 2.62. The molecule has 4 nitrogen and oxygen atoms in total. The largest absolute Gasteiger partial charge is 0.396 e. The lowest BCUT2D eigenvalue weighted by molar-refractivity contribution is 0.127. The molecule has 0 aromatic carbocycles. The van der Waals surface area contributed by atoms with Crippen molar-refractivity contribution in [2.45, 2.75) is 33.6 Å². The molecule has 0 aliphatic carbocycles. The van der Waals surface area contributed by atoms with Crippen LogP contribution in [0.3, 0.4) is 0 Å². The normalized spacial score (nSPS) is 11.5. The van der Waals surface area contributed by atoms with Crippen molar-refractivity contribution in [2.24, 2.45) is 5.41 Å². The van der Waals surface area contributed by atoms with Gasteiger partial charge < -0.3 is 10.4 Å². The molecule has 16 heavy (non-hydrogen) atoms. The maximum Gasteiger partial charge on any atom is 0.129 e. The van der Waals surface area contributed by atoms with E-state index in [4.69, 9.17) is 0 Å². The van der Waals surface area contributed by atoms with Crippen molar-refractivity contribution in [1.82, 2.24) is 9.97 Å². The molecule has 0 unspecified atom stereocenters. The van der Waals surface area contributed by atoms with Crippen LogP contribution < -0.4 is 5.32 Å². The molecule has 0 aliphatic rings. The minimum absolute atomic E-state index is 0.0428. The molecule has 0 amide bonds. The molecular formula is C12H21N3O. The van der Waals surface area contributed by atoms with E-state index in [-0.39, 0.29) is 12.0 Å². The molecule has 0 fully saturated rings. The first kappa shape index (κ1) is 12.9. The van der Waals surface area contributed by atoms with Crippen LogP contribution in [0.25, 0.3) is 0 Å². The highest BCUT2D eigenvalue weighted by molar-refractivity contribution is 5.34. The van der Waals surface area contributed by atoms with E-state index in [2.05, 4.69) is 29.1 Å². The maximum absolute atomic E-state index is 9.44. The molecule has 4 heteroatoms. The highest BCUT2D eigenvalue weighted by Crippen LogP contribution is 2.25. The van der Waals surface area contributed by atoms with Gasteiger partial charge in [0.1, 0.15) is 12.1 Å². The van der Waals surface area contributed by atoms with Gasteiger partial charge in [0.25, 0.3) is 0 Å². The average Bonchev–Trinajstić information content (AvgIpc) is 2.32. The molecule has 1 aromatic rings. The van der Waals surface area contributed by atoms with Crippen LogP contribution in [0.15, 0.2) is 12.4 Å². The summed E-state index contributed by atoms with van der Waals surface area (Å²) in [7, 11) is 0. The Bertz CT molecular complexity index is 316. The average molecular weight is 223 g/mol. The van der Waals surface area contributed by atoms with E-state index in [1.54, 1.807) is 6.33 Å². The number of aliphatic hydroxyl groups is 1. The number of hydrogen-bond donors (Lipinski definition) is 2. The topological polar surface area (TPSA) is 58.0 Å². The SMILES string of the molecule is CCC(CC)(CO)CNc1cc(C)ncn1. The highest BCUT2D eigenvalue weighted by Gasteiger charge is 2.24. The second-order valence-corrected chi connectivity index (χ2v) is 4.26. The highest BCUT2D eigenvalue weighted by atomic mass is 16.3. The van der Waals surface area contributed by atoms with Gasteiger partial charge in [0.15, 0.2) is 0 Å². The monoisotopic (exact) mass is 223 g/mol. The number of aryl methyl sites for hydroxylation is 1. The first-order valence-electron chi connectivity index (χ1n) is 5.79. The number of rotatable bonds is 6. The number of hydrogen-bond acceptors (Lipinski definition) is 4. The molecule has 1 aromatic heterocycles. The van der Waals surface area contributed by atoms with E-state index < -0.39 is 0 Å². The van der Waals surface area contributed by atoms with Gasteiger partial charge in [-0.05, 0) is 19.8 Å². The van der Waals surface area contributed by atoms with Crippen molar-refractivity contribution in [3.05, 3.63) is 18.1 Å². The van der Waals surface area contributed by atoms with Gasteiger partial charge in [-0.2, -0.15) is 0 Å². The zero-order valence-corrected chi connectivity index (χ0v) is 10.3. The summed E-state index contributed by atoms with van der Waals surface area (Å²) in [4.78, 5) is 8.19. The summed E-state index contributed by atoms with van der Waals surface area (Å²) >= 11 is 0. The Hall–Kier alpha value is -1.16. The van der Waals surface area contributed by atoms with Crippen molar-refractivity contribution in [3.8, 4) is 0 Å². The van der Waals surface area contributed by atoms with Crippen LogP contribution in [0.5, 0.6) is 0 Å². The smallest absolute Gasteiger partial charge is 0.129 e. The van der Waals surface area contributed by atoms with Gasteiger partial charge in [0.2, 0.25) is 0 Å². The van der Waals surface area contributed by atoms with Crippen molar-refractivity contribution < 1.29 is 5.11 Å². The van der Waals surface area contributed by atoms with Gasteiger partial charge in [-0.25, -0.2) is 9.97 Å². The number of nitrogens with zero attached hydrogens (tertiary/aromatic N) is 2. The molecule has 90 valence electrons. The van der Waals surface area contributed by atoms with E-state index in [9.17, 15) is 5.11 Å². The minimum atomic E-state index is -0.0428. The van der Waals surface area contributed by atoms with Crippen LogP contribution in [0, 0.1) is 12.3 Å². The Morgan fingerprint density at radius 1 is 1.31 bits per heavy atom. The van der Waals surface area contributed by atoms with Crippen molar-refractivity contribution in [3.63, 3.8) is 0 Å². The van der Waals surface area contributed by atoms with Crippen LogP contribution >= 0.6 is 0 Å². The van der Waals surface area contributed by atoms with E-state index in [0.717, 1.165) is 30.9 Å². The summed E-state index contributed by atoms with van der Waals surface area (Å²) in [6, 6.07) is 1.91. The molecule has 0 bridgehead atoms. The number of aromatic nitrogens is 2. The zero-order valence-electron chi connectivity index (χ0n) is 10.3. The van der Waals surface area contributed by atoms with E-state index >= 15 is 0 Å². The van der Waals surface area contributed by atoms with Crippen molar-refractivity contribution >= 4 is 5.82 Å². The van der Waals surface area contributed by atoms with Crippen LogP contribution in [-0.4, -0.2) is 28.2 Å². The quantitative estimate of drug-likeness (QED) is 0.774. The summed E-state index contributed by atoms with van der Waals surface area (Å²) in [6.45, 7) is 7.09. The third-order valence-electron chi connectivity index (χ3n) is 3.28. The zero-order chi connectivity index (χ0) is 12.0. The lowest BCUT2D eigenvalue weighted by Crippen LogP contribution is -2.32. The molecule has 1 rings (SSSR count). The van der Waals surface area contributed by atoms with Crippen LogP contribution in [0.4, 0.5) is 5.82 Å². The minimum Gasteiger partial charge on any atom is -0.396 e. The molecule has 0 saturated carbocycles. The van der Waals surface area contributed by atoms with Gasteiger partial charge in [-0.15, -0.1) is 0 Å². The second kappa shape index (κ2) is 5.80. The Morgan fingerprint density at radius 2 is 2.00 bits per heavy atom. The summed E-state index contributed by atoms with van der Waals surface area (Å²) in [5, 5.41) is 12.7. The predicted molar refractivity (Wildman–Crippen MR) is 65.4 cm³/mol. The second-order valence-electron chi connectivity index (χ2n) is 4.26. The Morgan fingerprint density at radius 3 is 2.50 bits per heavy atom. The van der Waals surface area contributed by atoms with Crippen molar-refractivity contribution in [1.29, 1.82) is 0 Å². The number of aliphatic hydroxyl groups excluding tert-OH is 1. The fourth-order valence-corrected chi connectivity index (χ4v) is 1.61. The molecule has 0 radical (unpaired) electrons. The number of anilines is 1. The predicted octanol–water partition coefficient (Wildman–Crippen LogP) is 2.00. The van der Waals surface area contributed by atoms with E-state index in [1.165, 1.54) is 0 Å². The van der Waals surface area contributed by atoms with Crippen LogP contribution in [0.1, 0.15) is 32.4 Å². The maximum atomic E-state index is 9.44. The molecule has 0 saturated heterocycles. The lowest BCUT2D eigenvalue weighted by atomic mass is 9.83. The van der Waals surface area contributed by atoms with Gasteiger partial charge in [-0.3, -0.25) is 0 Å². The molecule has 0 spiro atoms.